The lowest BCUT2D eigenvalue weighted by molar-refractivity contribution is 0.121. The van der Waals surface area contributed by atoms with E-state index in [0.29, 0.717) is 38.0 Å². The predicted molar refractivity (Wildman–Crippen MR) is 203 cm³/mol. The van der Waals surface area contributed by atoms with Crippen molar-refractivity contribution in [3.05, 3.63) is 132 Å². The van der Waals surface area contributed by atoms with E-state index in [1.165, 1.54) is 28.6 Å². The monoisotopic (exact) mass is 677 g/mol. The summed E-state index contributed by atoms with van der Waals surface area (Å²) in [6, 6.07) is 32.7. The maximum atomic E-state index is 12.1. The van der Waals surface area contributed by atoms with E-state index in [-0.39, 0.29) is 21.5 Å². The molecule has 0 saturated heterocycles. The van der Waals surface area contributed by atoms with Crippen molar-refractivity contribution in [1.29, 1.82) is 0 Å². The molecule has 0 aliphatic heterocycles. The summed E-state index contributed by atoms with van der Waals surface area (Å²) in [5, 5.41) is 1.88. The minimum atomic E-state index is -0.229. The summed E-state index contributed by atoms with van der Waals surface area (Å²) in [7, 11) is 0. The van der Waals surface area contributed by atoms with Crippen LogP contribution in [0, 0.1) is 0 Å². The van der Waals surface area contributed by atoms with Gasteiger partial charge in [-0.3, -0.25) is 4.39 Å². The van der Waals surface area contributed by atoms with Crippen molar-refractivity contribution < 1.29 is 18.6 Å². The van der Waals surface area contributed by atoms with Crippen LogP contribution in [-0.4, -0.2) is 46.4 Å². The Morgan fingerprint density at radius 3 is 1.46 bits per heavy atom. The third-order valence-electron chi connectivity index (χ3n) is 7.78. The van der Waals surface area contributed by atoms with Crippen LogP contribution in [0.2, 0.25) is 0 Å². The van der Waals surface area contributed by atoms with Crippen LogP contribution in [0.15, 0.2) is 110 Å². The number of hydrogen-bond acceptors (Lipinski definition) is 7. The number of ether oxygens (including phenoxy) is 3. The van der Waals surface area contributed by atoms with Crippen molar-refractivity contribution >= 4 is 21.8 Å². The summed E-state index contributed by atoms with van der Waals surface area (Å²) in [5.41, 5.74) is 6.72. The molecule has 0 radical (unpaired) electrons. The number of benzene rings is 4. The molecule has 264 valence electrons. The standard InChI is InChI=1S/C20H21FN2O.C20H22N2O2.2CH4/c21-13-4-3-5-16-8-10-17(11-9-16)12-14-24-20-18-6-1-2-7-19(18)22-15-23-20;1-2-12-23-14-17-9-7-16(8-10-17)11-13-24-20-18-5-3-4-6-19(18)21-15-22-20;;/h1-2,6-11,15H,3-5,12-14H2;3-10,15H,2,11-14H2,1H3;2*1H4/i21-1;;;. The van der Waals surface area contributed by atoms with Gasteiger partial charge in [0.1, 0.15) is 12.7 Å². The molecule has 8 heteroatoms. The van der Waals surface area contributed by atoms with Crippen molar-refractivity contribution in [3.63, 3.8) is 0 Å². The van der Waals surface area contributed by atoms with Gasteiger partial charge < -0.3 is 14.2 Å². The van der Waals surface area contributed by atoms with Crippen molar-refractivity contribution in [3.8, 4) is 11.8 Å². The fourth-order valence-electron chi connectivity index (χ4n) is 5.15. The smallest absolute Gasteiger partial charge is 0.224 e. The molecule has 2 heterocycles. The van der Waals surface area contributed by atoms with Gasteiger partial charge in [-0.2, -0.15) is 0 Å². The quantitative estimate of drug-likeness (QED) is 0.0944. The van der Waals surface area contributed by atoms with E-state index in [9.17, 15) is 4.39 Å². The summed E-state index contributed by atoms with van der Waals surface area (Å²) in [6.07, 6.45) is 8.27. The highest BCUT2D eigenvalue weighted by molar-refractivity contribution is 5.83. The lowest BCUT2D eigenvalue weighted by atomic mass is 10.1. The van der Waals surface area contributed by atoms with E-state index >= 15 is 0 Å². The molecule has 0 bridgehead atoms. The maximum Gasteiger partial charge on any atom is 0.224 e. The Bertz CT molecular complexity index is 1670. The van der Waals surface area contributed by atoms with Gasteiger partial charge >= 0.3 is 0 Å². The molecule has 0 spiro atoms. The molecule has 0 N–H and O–H groups in total. The zero-order chi connectivity index (χ0) is 33.2. The number of aromatic nitrogens is 4. The van der Waals surface area contributed by atoms with Crippen LogP contribution in [0.1, 0.15) is 63.3 Å². The molecular weight excluding hydrogens is 626 g/mol. The Morgan fingerprint density at radius 2 is 0.980 bits per heavy atom. The highest BCUT2D eigenvalue weighted by Gasteiger charge is 2.06. The predicted octanol–water partition coefficient (Wildman–Crippen LogP) is 9.99. The Kier molecular flexibility index (Phi) is 17.3. The Labute approximate surface area is 296 Å². The van der Waals surface area contributed by atoms with Crippen molar-refractivity contribution in [2.45, 2.75) is 66.9 Å². The Morgan fingerprint density at radius 1 is 0.520 bits per heavy atom. The summed E-state index contributed by atoms with van der Waals surface area (Å²) >= 11 is 0. The molecule has 0 fully saturated rings. The van der Waals surface area contributed by atoms with Crippen molar-refractivity contribution in [2.24, 2.45) is 0 Å². The van der Waals surface area contributed by atoms with Crippen LogP contribution < -0.4 is 9.47 Å². The lowest BCUT2D eigenvalue weighted by Gasteiger charge is -2.08. The first-order valence-electron chi connectivity index (χ1n) is 16.7. The van der Waals surface area contributed by atoms with Crippen LogP contribution >= 0.6 is 0 Å². The second-order valence-electron chi connectivity index (χ2n) is 11.4. The summed E-state index contributed by atoms with van der Waals surface area (Å²) < 4.78 is 29.4. The largest absolute Gasteiger partial charge is 0.477 e. The van der Waals surface area contributed by atoms with Gasteiger partial charge in [0.25, 0.3) is 0 Å². The number of unbranched alkanes of at least 4 members (excludes halogenated alkanes) is 1. The zero-order valence-corrected chi connectivity index (χ0v) is 27.6. The minimum Gasteiger partial charge on any atom is -0.477 e. The number of aryl methyl sites for hydroxylation is 1. The molecule has 0 amide bonds. The first kappa shape index (κ1) is 39.5. The van der Waals surface area contributed by atoms with Crippen LogP contribution in [0.5, 0.6) is 11.8 Å². The van der Waals surface area contributed by atoms with Gasteiger partial charge in [0.2, 0.25) is 11.8 Å². The zero-order valence-electron chi connectivity index (χ0n) is 27.6. The average Bonchev–Trinajstić information content (AvgIpc) is 3.14. The maximum absolute atomic E-state index is 12.1. The van der Waals surface area contributed by atoms with Gasteiger partial charge in [0.05, 0.1) is 48.3 Å². The molecule has 4 aromatic carbocycles. The Balaban J connectivity index is 0.000000260. The van der Waals surface area contributed by atoms with Crippen molar-refractivity contribution in [2.75, 3.05) is 26.5 Å². The molecule has 0 saturated carbocycles. The molecule has 6 rings (SSSR count). The molecular formula is C42H51FN4O3. The molecule has 0 atom stereocenters. The number of halogens is 1. The third-order valence-corrected chi connectivity index (χ3v) is 7.78. The lowest BCUT2D eigenvalue weighted by Crippen LogP contribution is -2.03. The van der Waals surface area contributed by atoms with E-state index in [0.717, 1.165) is 60.5 Å². The van der Waals surface area contributed by atoms with E-state index in [2.05, 4.69) is 75.4 Å². The van der Waals surface area contributed by atoms with Crippen LogP contribution in [0.3, 0.4) is 0 Å². The highest BCUT2D eigenvalue weighted by Crippen LogP contribution is 2.22. The van der Waals surface area contributed by atoms with Crippen LogP contribution in [0.4, 0.5) is 4.39 Å². The number of para-hydroxylation sites is 2. The number of fused-ring (bicyclic) bond motifs is 2. The highest BCUT2D eigenvalue weighted by atomic mass is 18.2. The molecule has 0 unspecified atom stereocenters. The second kappa shape index (κ2) is 21.9. The second-order valence-corrected chi connectivity index (χ2v) is 11.4. The van der Waals surface area contributed by atoms with Gasteiger partial charge in [-0.15, -0.1) is 0 Å². The van der Waals surface area contributed by atoms with Gasteiger partial charge in [0.15, 0.2) is 0 Å². The summed E-state index contributed by atoms with van der Waals surface area (Å²) in [6.45, 7) is 4.53. The number of rotatable bonds is 16. The van der Waals surface area contributed by atoms with Gasteiger partial charge in [0, 0.05) is 19.4 Å². The van der Waals surface area contributed by atoms with Crippen LogP contribution in [-0.2, 0) is 30.6 Å². The van der Waals surface area contributed by atoms with E-state index in [1.54, 1.807) is 6.33 Å². The molecule has 7 nitrogen and oxygen atoms in total. The molecule has 2 aromatic heterocycles. The topological polar surface area (TPSA) is 79.2 Å². The first-order chi connectivity index (χ1) is 23.7. The molecule has 0 aliphatic carbocycles. The van der Waals surface area contributed by atoms with Gasteiger partial charge in [-0.05, 0) is 72.2 Å². The first-order valence-corrected chi connectivity index (χ1v) is 16.7. The van der Waals surface area contributed by atoms with Crippen LogP contribution in [0.25, 0.3) is 21.8 Å². The number of nitrogens with zero attached hydrogens (tertiary/aromatic N) is 4. The minimum absolute atomic E-state index is 0. The fraction of sp³-hybridized carbons (Fsp3) is 0.333. The average molecular weight is 678 g/mol. The van der Waals surface area contributed by atoms with Gasteiger partial charge in [-0.25, -0.2) is 19.9 Å². The van der Waals surface area contributed by atoms with E-state index < -0.39 is 0 Å². The van der Waals surface area contributed by atoms with Crippen molar-refractivity contribution in [1.82, 2.24) is 19.9 Å². The number of hydrogen-bond donors (Lipinski definition) is 0. The SMILES string of the molecule is C.C.CCCOCc1ccc(CCOc2ncnc3ccccc23)cc1.[18F]CCCCc1ccc(CCOc2ncnc3ccccc23)cc1. The molecule has 6 aromatic rings. The summed E-state index contributed by atoms with van der Waals surface area (Å²) in [5.74, 6) is 1.27. The van der Waals surface area contributed by atoms with E-state index in [4.69, 9.17) is 14.2 Å². The Hall–Kier alpha value is -4.95. The fourth-order valence-corrected chi connectivity index (χ4v) is 5.15. The molecule has 50 heavy (non-hydrogen) atoms. The van der Waals surface area contributed by atoms with Gasteiger partial charge in [-0.1, -0.05) is 94.6 Å². The molecule has 0 aliphatic rings. The normalized spacial score (nSPS) is 10.4. The summed E-state index contributed by atoms with van der Waals surface area (Å²) in [4.78, 5) is 17.0. The van der Waals surface area contributed by atoms with E-state index in [1.807, 2.05) is 48.5 Å². The number of alkyl halides is 1. The third kappa shape index (κ3) is 12.2.